The average molecular weight is 298 g/mol. The number of rotatable bonds is 8. The van der Waals surface area contributed by atoms with Gasteiger partial charge in [0.05, 0.1) is 12.5 Å². The van der Waals surface area contributed by atoms with Crippen LogP contribution in [-0.4, -0.2) is 23.1 Å². The third-order valence-corrected chi connectivity index (χ3v) is 3.98. The Hall–Kier alpha value is -1.56. The largest absolute Gasteiger partial charge is 0.481 e. The SMILES string of the molecule is CCCC(CC(=O)O)NC(=O)NC(CC)c1cccs1. The molecule has 0 aliphatic heterocycles. The lowest BCUT2D eigenvalue weighted by Gasteiger charge is -2.20. The zero-order valence-electron chi connectivity index (χ0n) is 11.9. The summed E-state index contributed by atoms with van der Waals surface area (Å²) in [6.07, 6.45) is 2.25. The van der Waals surface area contributed by atoms with Crippen LogP contribution in [0.5, 0.6) is 0 Å². The van der Waals surface area contributed by atoms with Gasteiger partial charge in [-0.05, 0) is 24.3 Å². The minimum Gasteiger partial charge on any atom is -0.481 e. The summed E-state index contributed by atoms with van der Waals surface area (Å²) in [7, 11) is 0. The first-order valence-electron chi connectivity index (χ1n) is 6.89. The van der Waals surface area contributed by atoms with Crippen molar-refractivity contribution < 1.29 is 14.7 Å². The number of carboxylic acids is 1. The molecule has 1 aromatic rings. The van der Waals surface area contributed by atoms with Crippen LogP contribution in [-0.2, 0) is 4.79 Å². The molecule has 1 rings (SSSR count). The second-order valence-electron chi connectivity index (χ2n) is 4.68. The number of nitrogens with one attached hydrogen (secondary N) is 2. The van der Waals surface area contributed by atoms with E-state index < -0.39 is 5.97 Å². The maximum atomic E-state index is 12.0. The molecule has 0 spiro atoms. The molecular formula is C14H22N2O3S. The van der Waals surface area contributed by atoms with Crippen molar-refractivity contribution >= 4 is 23.3 Å². The fraction of sp³-hybridized carbons (Fsp3) is 0.571. The van der Waals surface area contributed by atoms with Gasteiger partial charge in [0, 0.05) is 10.9 Å². The van der Waals surface area contributed by atoms with Crippen LogP contribution < -0.4 is 10.6 Å². The molecule has 0 aliphatic rings. The molecule has 0 aromatic carbocycles. The minimum absolute atomic E-state index is 0.0258. The van der Waals surface area contributed by atoms with Crippen molar-refractivity contribution in [3.05, 3.63) is 22.4 Å². The molecule has 2 amide bonds. The maximum Gasteiger partial charge on any atom is 0.315 e. The molecule has 0 bridgehead atoms. The molecule has 5 nitrogen and oxygen atoms in total. The number of carboxylic acid groups (broad SMARTS) is 1. The lowest BCUT2D eigenvalue weighted by molar-refractivity contribution is -0.137. The topological polar surface area (TPSA) is 78.4 Å². The van der Waals surface area contributed by atoms with E-state index >= 15 is 0 Å². The second kappa shape index (κ2) is 8.58. The Morgan fingerprint density at radius 2 is 2.10 bits per heavy atom. The third-order valence-electron chi connectivity index (χ3n) is 2.99. The molecular weight excluding hydrogens is 276 g/mol. The van der Waals surface area contributed by atoms with Gasteiger partial charge in [0.2, 0.25) is 0 Å². The van der Waals surface area contributed by atoms with Crippen molar-refractivity contribution in [2.24, 2.45) is 0 Å². The molecule has 1 heterocycles. The number of thiophene rings is 1. The first-order valence-corrected chi connectivity index (χ1v) is 7.77. The fourth-order valence-electron chi connectivity index (χ4n) is 2.03. The van der Waals surface area contributed by atoms with Crippen LogP contribution in [0, 0.1) is 0 Å². The molecule has 6 heteroatoms. The smallest absolute Gasteiger partial charge is 0.315 e. The van der Waals surface area contributed by atoms with E-state index in [2.05, 4.69) is 10.6 Å². The van der Waals surface area contributed by atoms with Crippen molar-refractivity contribution in [1.29, 1.82) is 0 Å². The number of urea groups is 1. The first-order chi connectivity index (χ1) is 9.56. The highest BCUT2D eigenvalue weighted by molar-refractivity contribution is 7.10. The van der Waals surface area contributed by atoms with Crippen molar-refractivity contribution in [2.75, 3.05) is 0 Å². The fourth-order valence-corrected chi connectivity index (χ4v) is 2.90. The zero-order chi connectivity index (χ0) is 15.0. The van der Waals surface area contributed by atoms with Crippen LogP contribution in [0.2, 0.25) is 0 Å². The van der Waals surface area contributed by atoms with Gasteiger partial charge in [0.1, 0.15) is 0 Å². The summed E-state index contributed by atoms with van der Waals surface area (Å²) in [5.41, 5.74) is 0. The van der Waals surface area contributed by atoms with Gasteiger partial charge >= 0.3 is 12.0 Å². The minimum atomic E-state index is -0.894. The predicted molar refractivity (Wildman–Crippen MR) is 80.0 cm³/mol. The molecule has 0 saturated carbocycles. The van der Waals surface area contributed by atoms with Crippen LogP contribution in [0.3, 0.4) is 0 Å². The number of aliphatic carboxylic acids is 1. The predicted octanol–water partition coefficient (Wildman–Crippen LogP) is 3.14. The normalized spacial score (nSPS) is 13.5. The van der Waals surface area contributed by atoms with Gasteiger partial charge in [-0.1, -0.05) is 26.3 Å². The zero-order valence-corrected chi connectivity index (χ0v) is 12.7. The third kappa shape index (κ3) is 5.61. The molecule has 1 aromatic heterocycles. The van der Waals surface area contributed by atoms with Gasteiger partial charge in [-0.25, -0.2) is 4.79 Å². The molecule has 20 heavy (non-hydrogen) atoms. The summed E-state index contributed by atoms with van der Waals surface area (Å²) in [5.74, 6) is -0.894. The Morgan fingerprint density at radius 3 is 2.60 bits per heavy atom. The average Bonchev–Trinajstić information content (AvgIpc) is 2.89. The summed E-state index contributed by atoms with van der Waals surface area (Å²) >= 11 is 1.60. The Balaban J connectivity index is 2.53. The van der Waals surface area contributed by atoms with E-state index in [0.29, 0.717) is 6.42 Å². The van der Waals surface area contributed by atoms with E-state index in [1.165, 1.54) is 0 Å². The molecule has 0 saturated heterocycles. The lowest BCUT2D eigenvalue weighted by Crippen LogP contribution is -2.44. The first kappa shape index (κ1) is 16.5. The molecule has 0 radical (unpaired) electrons. The Bertz CT molecular complexity index is 420. The van der Waals surface area contributed by atoms with Crippen LogP contribution in [0.15, 0.2) is 17.5 Å². The lowest BCUT2D eigenvalue weighted by atomic mass is 10.1. The molecule has 2 unspecified atom stereocenters. The van der Waals surface area contributed by atoms with Gasteiger partial charge in [0.25, 0.3) is 0 Å². The van der Waals surface area contributed by atoms with Crippen molar-refractivity contribution in [3.63, 3.8) is 0 Å². The number of hydrogen-bond acceptors (Lipinski definition) is 3. The second-order valence-corrected chi connectivity index (χ2v) is 5.66. The Labute approximate surface area is 123 Å². The van der Waals surface area contributed by atoms with Crippen molar-refractivity contribution in [2.45, 2.75) is 51.6 Å². The maximum absolute atomic E-state index is 12.0. The summed E-state index contributed by atoms with van der Waals surface area (Å²) < 4.78 is 0. The van der Waals surface area contributed by atoms with E-state index in [9.17, 15) is 9.59 Å². The monoisotopic (exact) mass is 298 g/mol. The van der Waals surface area contributed by atoms with Gasteiger partial charge in [-0.2, -0.15) is 0 Å². The highest BCUT2D eigenvalue weighted by Gasteiger charge is 2.18. The van der Waals surface area contributed by atoms with E-state index in [1.807, 2.05) is 31.4 Å². The highest BCUT2D eigenvalue weighted by atomic mass is 32.1. The number of carbonyl (C=O) groups is 2. The highest BCUT2D eigenvalue weighted by Crippen LogP contribution is 2.21. The van der Waals surface area contributed by atoms with E-state index in [-0.39, 0.29) is 24.5 Å². The summed E-state index contributed by atoms with van der Waals surface area (Å²) in [4.78, 5) is 23.8. The molecule has 0 aliphatic carbocycles. The van der Waals surface area contributed by atoms with Crippen LogP contribution >= 0.6 is 11.3 Å². The van der Waals surface area contributed by atoms with Crippen molar-refractivity contribution in [1.82, 2.24) is 10.6 Å². The van der Waals surface area contributed by atoms with Crippen LogP contribution in [0.4, 0.5) is 4.79 Å². The van der Waals surface area contributed by atoms with Gasteiger partial charge < -0.3 is 15.7 Å². The standard InChI is InChI=1S/C14H22N2O3S/c1-3-6-10(9-13(17)18)15-14(19)16-11(4-2)12-7-5-8-20-12/h5,7-8,10-11H,3-4,6,9H2,1-2H3,(H,17,18)(H2,15,16,19). The van der Waals surface area contributed by atoms with Crippen molar-refractivity contribution in [3.8, 4) is 0 Å². The Morgan fingerprint density at radius 1 is 1.35 bits per heavy atom. The summed E-state index contributed by atoms with van der Waals surface area (Å²) in [6.45, 7) is 3.97. The van der Waals surface area contributed by atoms with E-state index in [4.69, 9.17) is 5.11 Å². The summed E-state index contributed by atoms with van der Waals surface area (Å²) in [6, 6.07) is 3.29. The number of amides is 2. The number of carbonyl (C=O) groups excluding carboxylic acids is 1. The quantitative estimate of drug-likeness (QED) is 0.690. The molecule has 0 fully saturated rings. The van der Waals surface area contributed by atoms with Crippen LogP contribution in [0.1, 0.15) is 50.4 Å². The Kier molecular flexibility index (Phi) is 7.08. The molecule has 112 valence electrons. The van der Waals surface area contributed by atoms with Gasteiger partial charge in [0.15, 0.2) is 0 Å². The van der Waals surface area contributed by atoms with E-state index in [1.54, 1.807) is 11.3 Å². The molecule has 3 N–H and O–H groups in total. The van der Waals surface area contributed by atoms with Crippen LogP contribution in [0.25, 0.3) is 0 Å². The molecule has 2 atom stereocenters. The number of hydrogen-bond donors (Lipinski definition) is 3. The summed E-state index contributed by atoms with van der Waals surface area (Å²) in [5, 5.41) is 16.5. The van der Waals surface area contributed by atoms with E-state index in [0.717, 1.165) is 17.7 Å². The van der Waals surface area contributed by atoms with Gasteiger partial charge in [-0.15, -0.1) is 11.3 Å². The van der Waals surface area contributed by atoms with Gasteiger partial charge in [-0.3, -0.25) is 4.79 Å².